The van der Waals surface area contributed by atoms with Crippen molar-refractivity contribution in [2.24, 2.45) is 0 Å². The van der Waals surface area contributed by atoms with Gasteiger partial charge in [-0.25, -0.2) is 0 Å². The van der Waals surface area contributed by atoms with Crippen LogP contribution in [0.4, 0.5) is 0 Å². The van der Waals surface area contributed by atoms with Crippen LogP contribution in [-0.4, -0.2) is 37.2 Å². The van der Waals surface area contributed by atoms with Gasteiger partial charge in [-0.2, -0.15) is 0 Å². The lowest BCUT2D eigenvalue weighted by Crippen LogP contribution is -2.30. The number of rotatable bonds is 63. The lowest BCUT2D eigenvalue weighted by Gasteiger charge is -2.18. The van der Waals surface area contributed by atoms with Crippen molar-refractivity contribution in [3.63, 3.8) is 0 Å². The third-order valence-electron chi connectivity index (χ3n) is 15.3. The highest BCUT2D eigenvalue weighted by Gasteiger charge is 2.19. The summed E-state index contributed by atoms with van der Waals surface area (Å²) in [7, 11) is 0. The Morgan fingerprint density at radius 1 is 0.269 bits per heavy atom. The fourth-order valence-electron chi connectivity index (χ4n) is 10.1. The number of carbonyl (C=O) groups excluding carboxylic acids is 3. The molecule has 0 aromatic heterocycles. The highest BCUT2D eigenvalue weighted by molar-refractivity contribution is 5.71. The van der Waals surface area contributed by atoms with Crippen LogP contribution < -0.4 is 0 Å². The Hall–Kier alpha value is -2.89. The van der Waals surface area contributed by atoms with Crippen LogP contribution >= 0.6 is 0 Å². The molecule has 1 unspecified atom stereocenters. The van der Waals surface area contributed by atoms with Crippen LogP contribution in [0.1, 0.15) is 361 Å². The molecule has 0 aromatic carbocycles. The van der Waals surface area contributed by atoms with Gasteiger partial charge in [0.15, 0.2) is 6.10 Å². The monoisotopic (exact) mass is 1090 g/mol. The second kappa shape index (κ2) is 66.6. The Balaban J connectivity index is 4.02. The first kappa shape index (κ1) is 75.1. The molecule has 1 atom stereocenters. The zero-order valence-corrected chi connectivity index (χ0v) is 52.2. The molecular formula is C72H130O6. The van der Waals surface area contributed by atoms with E-state index in [4.69, 9.17) is 14.2 Å². The van der Waals surface area contributed by atoms with E-state index in [1.807, 2.05) is 0 Å². The lowest BCUT2D eigenvalue weighted by atomic mass is 10.0. The van der Waals surface area contributed by atoms with E-state index in [1.165, 1.54) is 231 Å². The number of allylic oxidation sites excluding steroid dienone is 10. The van der Waals surface area contributed by atoms with Crippen molar-refractivity contribution < 1.29 is 28.6 Å². The summed E-state index contributed by atoms with van der Waals surface area (Å²) in [5.74, 6) is -0.859. The van der Waals surface area contributed by atoms with Crippen molar-refractivity contribution in [3.8, 4) is 0 Å². The molecule has 0 amide bonds. The molecule has 0 aliphatic carbocycles. The standard InChI is InChI=1S/C72H130O6/c1-4-7-10-13-16-19-22-24-26-27-28-29-30-31-32-33-34-35-36-37-38-39-40-41-42-43-44-45-46-48-50-53-56-59-62-65-71(74)77-68-69(67-76-70(73)64-61-58-55-52-49-21-18-15-12-9-6-3)78-72(75)66-63-60-57-54-51-47-25-23-20-17-14-11-8-5-2/h7,10,16,19,23-26,28-29,69H,4-6,8-9,11-15,17-18,20-22,27,30-68H2,1-3H3/b10-7-,19-16-,25-23-,26-24-,29-28-. The first-order chi connectivity index (χ1) is 38.5. The van der Waals surface area contributed by atoms with Crippen LogP contribution in [0.2, 0.25) is 0 Å². The minimum atomic E-state index is -0.773. The van der Waals surface area contributed by atoms with Crippen LogP contribution in [0.3, 0.4) is 0 Å². The largest absolute Gasteiger partial charge is 0.462 e. The molecule has 454 valence electrons. The fraction of sp³-hybridized carbons (Fsp3) is 0.819. The Bertz CT molecular complexity index is 1390. The first-order valence-corrected chi connectivity index (χ1v) is 34.3. The van der Waals surface area contributed by atoms with Gasteiger partial charge in [0.2, 0.25) is 0 Å². The van der Waals surface area contributed by atoms with E-state index in [-0.39, 0.29) is 31.1 Å². The molecule has 0 radical (unpaired) electrons. The molecule has 0 saturated heterocycles. The van der Waals surface area contributed by atoms with E-state index in [2.05, 4.69) is 81.5 Å². The first-order valence-electron chi connectivity index (χ1n) is 34.3. The van der Waals surface area contributed by atoms with Crippen molar-refractivity contribution in [3.05, 3.63) is 60.8 Å². The van der Waals surface area contributed by atoms with Gasteiger partial charge in [-0.05, 0) is 83.5 Å². The van der Waals surface area contributed by atoms with E-state index in [1.54, 1.807) is 0 Å². The number of ether oxygens (including phenoxy) is 3. The lowest BCUT2D eigenvalue weighted by molar-refractivity contribution is -0.167. The Kier molecular flexibility index (Phi) is 64.2. The summed E-state index contributed by atoms with van der Waals surface area (Å²) in [5, 5.41) is 0. The molecule has 78 heavy (non-hydrogen) atoms. The molecule has 0 aliphatic rings. The molecule has 0 saturated carbocycles. The van der Waals surface area contributed by atoms with Gasteiger partial charge in [0.1, 0.15) is 13.2 Å². The molecular weight excluding hydrogens is 961 g/mol. The van der Waals surface area contributed by atoms with Crippen molar-refractivity contribution >= 4 is 17.9 Å². The van der Waals surface area contributed by atoms with E-state index in [0.29, 0.717) is 19.3 Å². The van der Waals surface area contributed by atoms with Gasteiger partial charge in [-0.15, -0.1) is 0 Å². The van der Waals surface area contributed by atoms with Crippen LogP contribution in [0.5, 0.6) is 0 Å². The molecule has 0 N–H and O–H groups in total. The van der Waals surface area contributed by atoms with Crippen molar-refractivity contribution in [1.82, 2.24) is 0 Å². The topological polar surface area (TPSA) is 78.9 Å². The molecule has 0 heterocycles. The number of hydrogen-bond donors (Lipinski definition) is 0. The predicted octanol–water partition coefficient (Wildman–Crippen LogP) is 23.5. The van der Waals surface area contributed by atoms with Gasteiger partial charge < -0.3 is 14.2 Å². The van der Waals surface area contributed by atoms with Crippen molar-refractivity contribution in [2.75, 3.05) is 13.2 Å². The van der Waals surface area contributed by atoms with Crippen LogP contribution in [0.25, 0.3) is 0 Å². The summed E-state index contributed by atoms with van der Waals surface area (Å²) in [4.78, 5) is 38.2. The molecule has 6 nitrogen and oxygen atoms in total. The van der Waals surface area contributed by atoms with Gasteiger partial charge >= 0.3 is 17.9 Å². The highest BCUT2D eigenvalue weighted by Crippen LogP contribution is 2.18. The zero-order valence-electron chi connectivity index (χ0n) is 52.2. The second-order valence-corrected chi connectivity index (χ2v) is 23.1. The maximum Gasteiger partial charge on any atom is 0.306 e. The molecule has 0 bridgehead atoms. The minimum absolute atomic E-state index is 0.0710. The molecule has 0 aliphatic heterocycles. The SMILES string of the molecule is CC/C=C\C/C=C\C/C=C\C/C=C\CCCCCCCCCCCCCCCCCCCCCCCCC(=O)OCC(COC(=O)CCCCCCCCCCCCC)OC(=O)CCCCCCC/C=C\CCCCCCC. The average Bonchev–Trinajstić information content (AvgIpc) is 3.44. The van der Waals surface area contributed by atoms with Gasteiger partial charge in [0, 0.05) is 19.3 Å². The smallest absolute Gasteiger partial charge is 0.306 e. The van der Waals surface area contributed by atoms with Crippen molar-refractivity contribution in [1.29, 1.82) is 0 Å². The summed E-state index contributed by atoms with van der Waals surface area (Å²) in [6.07, 6.45) is 85.5. The van der Waals surface area contributed by atoms with Crippen LogP contribution in [-0.2, 0) is 28.6 Å². The molecule has 0 fully saturated rings. The summed E-state index contributed by atoms with van der Waals surface area (Å²) in [6.45, 7) is 6.55. The van der Waals surface area contributed by atoms with Gasteiger partial charge in [0.25, 0.3) is 0 Å². The number of esters is 3. The van der Waals surface area contributed by atoms with E-state index < -0.39 is 6.10 Å². The third-order valence-corrected chi connectivity index (χ3v) is 15.3. The van der Waals surface area contributed by atoms with Crippen LogP contribution in [0, 0.1) is 0 Å². The third kappa shape index (κ3) is 63.9. The van der Waals surface area contributed by atoms with E-state index in [0.717, 1.165) is 89.9 Å². The maximum atomic E-state index is 12.9. The second-order valence-electron chi connectivity index (χ2n) is 23.1. The number of carbonyl (C=O) groups is 3. The van der Waals surface area contributed by atoms with Crippen molar-refractivity contribution in [2.45, 2.75) is 367 Å². The molecule has 0 rings (SSSR count). The van der Waals surface area contributed by atoms with Gasteiger partial charge in [-0.3, -0.25) is 14.4 Å². The highest BCUT2D eigenvalue weighted by atomic mass is 16.6. The minimum Gasteiger partial charge on any atom is -0.462 e. The summed E-state index contributed by atoms with van der Waals surface area (Å²) >= 11 is 0. The Morgan fingerprint density at radius 3 is 0.795 bits per heavy atom. The normalized spacial score (nSPS) is 12.4. The fourth-order valence-corrected chi connectivity index (χ4v) is 10.1. The zero-order chi connectivity index (χ0) is 56.4. The van der Waals surface area contributed by atoms with Gasteiger partial charge in [0.05, 0.1) is 0 Å². The van der Waals surface area contributed by atoms with Crippen LogP contribution in [0.15, 0.2) is 60.8 Å². The van der Waals surface area contributed by atoms with Gasteiger partial charge in [-0.1, -0.05) is 319 Å². The summed E-state index contributed by atoms with van der Waals surface area (Å²) in [6, 6.07) is 0. The Labute approximate surface area is 485 Å². The number of unbranched alkanes of at least 4 members (excludes halogenated alkanes) is 42. The number of hydrogen-bond acceptors (Lipinski definition) is 6. The quantitative estimate of drug-likeness (QED) is 0.0261. The molecule has 0 aromatic rings. The van der Waals surface area contributed by atoms with E-state index in [9.17, 15) is 14.4 Å². The summed E-state index contributed by atoms with van der Waals surface area (Å²) in [5.41, 5.74) is 0. The molecule has 0 spiro atoms. The van der Waals surface area contributed by atoms with E-state index >= 15 is 0 Å². The molecule has 6 heteroatoms. The maximum absolute atomic E-state index is 12.9. The summed E-state index contributed by atoms with van der Waals surface area (Å²) < 4.78 is 16.9. The predicted molar refractivity (Wildman–Crippen MR) is 339 cm³/mol. The average molecular weight is 1090 g/mol. The Morgan fingerprint density at radius 2 is 0.500 bits per heavy atom.